The van der Waals surface area contributed by atoms with Crippen molar-refractivity contribution in [1.82, 2.24) is 0 Å². The molecule has 1 aromatic rings. The fraction of sp³-hybridized carbons (Fsp3) is 0.500. The highest BCUT2D eigenvalue weighted by atomic mass is 35.5. The van der Waals surface area contributed by atoms with E-state index in [0.29, 0.717) is 18.3 Å². The second-order valence-corrected chi connectivity index (χ2v) is 4.04. The molecular formula is C12H17ClFNO. The minimum atomic E-state index is -0.278. The first kappa shape index (κ1) is 13.3. The van der Waals surface area contributed by atoms with E-state index in [2.05, 4.69) is 0 Å². The summed E-state index contributed by atoms with van der Waals surface area (Å²) in [6.07, 6.45) is 1.85. The Morgan fingerprint density at radius 2 is 2.19 bits per heavy atom. The summed E-state index contributed by atoms with van der Waals surface area (Å²) in [7, 11) is 0. The summed E-state index contributed by atoms with van der Waals surface area (Å²) >= 11 is 0. The molecule has 2 atom stereocenters. The van der Waals surface area contributed by atoms with E-state index in [0.717, 1.165) is 18.4 Å². The Labute approximate surface area is 101 Å². The highest BCUT2D eigenvalue weighted by Crippen LogP contribution is 2.39. The van der Waals surface area contributed by atoms with Gasteiger partial charge < -0.3 is 10.5 Å². The Hall–Kier alpha value is -0.800. The summed E-state index contributed by atoms with van der Waals surface area (Å²) in [5.41, 5.74) is 6.70. The highest BCUT2D eigenvalue weighted by Gasteiger charge is 2.35. The molecule has 0 spiro atoms. The van der Waals surface area contributed by atoms with E-state index in [1.165, 1.54) is 0 Å². The lowest BCUT2D eigenvalue weighted by atomic mass is 10.1. The molecule has 2 rings (SSSR count). The first-order chi connectivity index (χ1) is 7.22. The maximum Gasteiger partial charge on any atom is 0.165 e. The third-order valence-corrected chi connectivity index (χ3v) is 2.69. The second-order valence-electron chi connectivity index (χ2n) is 4.04. The molecule has 0 aliphatic heterocycles. The SMILES string of the molecule is CCCOc1ccc(C2CC2N)cc1F.Cl. The lowest BCUT2D eigenvalue weighted by Gasteiger charge is -2.07. The van der Waals surface area contributed by atoms with Crippen LogP contribution in [0.25, 0.3) is 0 Å². The number of rotatable bonds is 4. The van der Waals surface area contributed by atoms with Gasteiger partial charge in [-0.3, -0.25) is 0 Å². The van der Waals surface area contributed by atoms with Gasteiger partial charge in [0.2, 0.25) is 0 Å². The zero-order valence-electron chi connectivity index (χ0n) is 9.28. The number of benzene rings is 1. The molecule has 2 unspecified atom stereocenters. The standard InChI is InChI=1S/C12H16FNO.ClH/c1-2-5-15-12-4-3-8(6-10(12)13)9-7-11(9)14;/h3-4,6,9,11H,2,5,7,14H2,1H3;1H. The molecule has 0 aromatic heterocycles. The number of ether oxygens (including phenoxy) is 1. The van der Waals surface area contributed by atoms with Gasteiger partial charge in [0.15, 0.2) is 11.6 Å². The zero-order valence-corrected chi connectivity index (χ0v) is 10.1. The summed E-state index contributed by atoms with van der Waals surface area (Å²) in [6.45, 7) is 2.55. The molecule has 1 saturated carbocycles. The lowest BCUT2D eigenvalue weighted by Crippen LogP contribution is -2.02. The summed E-state index contributed by atoms with van der Waals surface area (Å²) < 4.78 is 18.8. The Bertz CT molecular complexity index is 359. The van der Waals surface area contributed by atoms with Crippen LogP contribution in [-0.2, 0) is 0 Å². The molecule has 4 heteroatoms. The number of halogens is 2. The predicted molar refractivity (Wildman–Crippen MR) is 64.8 cm³/mol. The van der Waals surface area contributed by atoms with Gasteiger partial charge in [0.05, 0.1) is 6.61 Å². The van der Waals surface area contributed by atoms with Crippen LogP contribution in [0.1, 0.15) is 31.2 Å². The monoisotopic (exact) mass is 245 g/mol. The molecule has 1 aliphatic rings. The van der Waals surface area contributed by atoms with Crippen LogP contribution < -0.4 is 10.5 Å². The summed E-state index contributed by atoms with van der Waals surface area (Å²) in [4.78, 5) is 0. The normalized spacial score (nSPS) is 22.4. The van der Waals surface area contributed by atoms with Gasteiger partial charge in [0, 0.05) is 12.0 Å². The van der Waals surface area contributed by atoms with Crippen molar-refractivity contribution in [3.8, 4) is 5.75 Å². The van der Waals surface area contributed by atoms with Crippen LogP contribution in [0.4, 0.5) is 4.39 Å². The van der Waals surface area contributed by atoms with Crippen LogP contribution in [0.2, 0.25) is 0 Å². The average molecular weight is 246 g/mol. The molecule has 90 valence electrons. The molecule has 16 heavy (non-hydrogen) atoms. The predicted octanol–water partition coefficient (Wildman–Crippen LogP) is 2.85. The van der Waals surface area contributed by atoms with Crippen molar-refractivity contribution in [1.29, 1.82) is 0 Å². The van der Waals surface area contributed by atoms with Crippen molar-refractivity contribution in [2.24, 2.45) is 5.73 Å². The van der Waals surface area contributed by atoms with Gasteiger partial charge in [0.1, 0.15) is 0 Å². The van der Waals surface area contributed by atoms with Crippen molar-refractivity contribution < 1.29 is 9.13 Å². The molecule has 1 aliphatic carbocycles. The van der Waals surface area contributed by atoms with E-state index < -0.39 is 0 Å². The maximum absolute atomic E-state index is 13.5. The van der Waals surface area contributed by atoms with Crippen LogP contribution in [0.15, 0.2) is 18.2 Å². The van der Waals surface area contributed by atoms with Crippen LogP contribution in [0, 0.1) is 5.82 Å². The highest BCUT2D eigenvalue weighted by molar-refractivity contribution is 5.85. The molecule has 1 aromatic carbocycles. The van der Waals surface area contributed by atoms with Gasteiger partial charge in [-0.2, -0.15) is 0 Å². The van der Waals surface area contributed by atoms with E-state index in [1.807, 2.05) is 13.0 Å². The fourth-order valence-electron chi connectivity index (χ4n) is 1.67. The summed E-state index contributed by atoms with van der Waals surface area (Å²) in [5.74, 6) is 0.412. The van der Waals surface area contributed by atoms with Gasteiger partial charge in [-0.15, -0.1) is 12.4 Å². The van der Waals surface area contributed by atoms with Crippen LogP contribution >= 0.6 is 12.4 Å². The molecule has 0 bridgehead atoms. The van der Waals surface area contributed by atoms with E-state index in [4.69, 9.17) is 10.5 Å². The molecule has 2 N–H and O–H groups in total. The zero-order chi connectivity index (χ0) is 10.8. The maximum atomic E-state index is 13.5. The van der Waals surface area contributed by atoms with Crippen LogP contribution in [0.5, 0.6) is 5.75 Å². The third-order valence-electron chi connectivity index (χ3n) is 2.69. The molecule has 0 heterocycles. The minimum absolute atomic E-state index is 0. The summed E-state index contributed by atoms with van der Waals surface area (Å²) in [6, 6.07) is 5.37. The van der Waals surface area contributed by atoms with E-state index in [9.17, 15) is 4.39 Å². The van der Waals surface area contributed by atoms with Gasteiger partial charge in [-0.25, -0.2) is 4.39 Å². The van der Waals surface area contributed by atoms with Crippen molar-refractivity contribution in [2.45, 2.75) is 31.7 Å². The number of hydrogen-bond donors (Lipinski definition) is 1. The minimum Gasteiger partial charge on any atom is -0.491 e. The largest absolute Gasteiger partial charge is 0.491 e. The summed E-state index contributed by atoms with van der Waals surface area (Å²) in [5, 5.41) is 0. The van der Waals surface area contributed by atoms with E-state index in [1.54, 1.807) is 12.1 Å². The van der Waals surface area contributed by atoms with Crippen molar-refractivity contribution in [3.05, 3.63) is 29.6 Å². The van der Waals surface area contributed by atoms with Gasteiger partial charge in [-0.05, 0) is 30.5 Å². The third kappa shape index (κ3) is 2.86. The van der Waals surface area contributed by atoms with Gasteiger partial charge in [0.25, 0.3) is 0 Å². The first-order valence-corrected chi connectivity index (χ1v) is 5.40. The Morgan fingerprint density at radius 3 is 2.69 bits per heavy atom. The molecule has 0 saturated heterocycles. The topological polar surface area (TPSA) is 35.2 Å². The molecule has 1 fully saturated rings. The Kier molecular flexibility index (Phi) is 4.56. The molecule has 2 nitrogen and oxygen atoms in total. The molecule has 0 amide bonds. The fourth-order valence-corrected chi connectivity index (χ4v) is 1.67. The second kappa shape index (κ2) is 5.51. The number of nitrogens with two attached hydrogens (primary N) is 1. The molecular weight excluding hydrogens is 229 g/mol. The lowest BCUT2D eigenvalue weighted by molar-refractivity contribution is 0.301. The van der Waals surface area contributed by atoms with Crippen molar-refractivity contribution in [2.75, 3.05) is 6.61 Å². The molecule has 0 radical (unpaired) electrons. The quantitative estimate of drug-likeness (QED) is 0.885. The van der Waals surface area contributed by atoms with Crippen LogP contribution in [-0.4, -0.2) is 12.6 Å². The van der Waals surface area contributed by atoms with E-state index in [-0.39, 0.29) is 24.3 Å². The van der Waals surface area contributed by atoms with E-state index >= 15 is 0 Å². The number of hydrogen-bond acceptors (Lipinski definition) is 2. The smallest absolute Gasteiger partial charge is 0.165 e. The van der Waals surface area contributed by atoms with Crippen molar-refractivity contribution in [3.63, 3.8) is 0 Å². The first-order valence-electron chi connectivity index (χ1n) is 5.40. The Morgan fingerprint density at radius 1 is 1.50 bits per heavy atom. The van der Waals surface area contributed by atoms with Crippen molar-refractivity contribution >= 4 is 12.4 Å². The Balaban J connectivity index is 0.00000128. The van der Waals surface area contributed by atoms with Gasteiger partial charge in [-0.1, -0.05) is 13.0 Å². The van der Waals surface area contributed by atoms with Crippen LogP contribution in [0.3, 0.4) is 0 Å². The van der Waals surface area contributed by atoms with Gasteiger partial charge >= 0.3 is 0 Å². The average Bonchev–Trinajstić information content (AvgIpc) is 2.94.